The monoisotopic (exact) mass is 373 g/mol. The predicted octanol–water partition coefficient (Wildman–Crippen LogP) is 2.90. The van der Waals surface area contributed by atoms with Crippen molar-refractivity contribution in [2.75, 3.05) is 13.2 Å². The summed E-state index contributed by atoms with van der Waals surface area (Å²) >= 11 is 0. The van der Waals surface area contributed by atoms with E-state index in [-0.39, 0.29) is 43.4 Å². The van der Waals surface area contributed by atoms with Gasteiger partial charge in [0.15, 0.2) is 0 Å². The topological polar surface area (TPSA) is 81.6 Å². The van der Waals surface area contributed by atoms with Crippen LogP contribution in [0.5, 0.6) is 6.01 Å². The number of hydrogen-bond donors (Lipinski definition) is 0. The van der Waals surface area contributed by atoms with Crippen molar-refractivity contribution in [1.29, 1.82) is 0 Å². The van der Waals surface area contributed by atoms with Crippen molar-refractivity contribution in [3.8, 4) is 6.01 Å². The third kappa shape index (κ3) is 4.58. The van der Waals surface area contributed by atoms with E-state index in [1.807, 2.05) is 13.8 Å². The van der Waals surface area contributed by atoms with Crippen molar-refractivity contribution in [3.05, 3.63) is 53.6 Å². The summed E-state index contributed by atoms with van der Waals surface area (Å²) in [4.78, 5) is 33.7. The number of amides is 2. The van der Waals surface area contributed by atoms with Crippen molar-refractivity contribution in [2.24, 2.45) is 0 Å². The third-order valence-corrected chi connectivity index (χ3v) is 4.10. The Bertz CT molecular complexity index is 809. The largest absolute Gasteiger partial charge is 0.461 e. The first-order valence-corrected chi connectivity index (χ1v) is 8.65. The Morgan fingerprint density at radius 3 is 2.44 bits per heavy atom. The molecular weight excluding hydrogens is 353 g/mol. The van der Waals surface area contributed by atoms with Gasteiger partial charge in [0, 0.05) is 24.7 Å². The minimum absolute atomic E-state index is 0.00841. The number of carbonyl (C=O) groups excluding carboxylic acids is 2. The second-order valence-corrected chi connectivity index (χ2v) is 6.43. The summed E-state index contributed by atoms with van der Waals surface area (Å²) in [6, 6.07) is 6.10. The number of rotatable bonds is 6. The van der Waals surface area contributed by atoms with Crippen LogP contribution in [-0.4, -0.2) is 46.1 Å². The van der Waals surface area contributed by atoms with Crippen LogP contribution < -0.4 is 4.74 Å². The highest BCUT2D eigenvalue weighted by Crippen LogP contribution is 2.29. The summed E-state index contributed by atoms with van der Waals surface area (Å²) in [6.07, 6.45) is 2.46. The average Bonchev–Trinajstić information content (AvgIpc) is 3.07. The molecule has 2 aromatic rings. The lowest BCUT2D eigenvalue weighted by Gasteiger charge is -2.19. The average molecular weight is 373 g/mol. The fourth-order valence-electron chi connectivity index (χ4n) is 2.81. The maximum atomic E-state index is 13.3. The van der Waals surface area contributed by atoms with Crippen molar-refractivity contribution >= 4 is 12.0 Å². The highest BCUT2D eigenvalue weighted by molar-refractivity contribution is 5.93. The number of carbonyl (C=O) groups is 2. The molecule has 3 rings (SSSR count). The maximum absolute atomic E-state index is 13.3. The van der Waals surface area contributed by atoms with Gasteiger partial charge in [-0.05, 0) is 37.1 Å². The zero-order valence-corrected chi connectivity index (χ0v) is 15.1. The molecule has 0 radical (unpaired) electrons. The molecule has 1 atom stereocenters. The molecule has 0 saturated carbocycles. The SMILES string of the molecule is CC(C)Oc1ncc([C@@H](CC(=O)N2CCOC2=O)c2ccc(F)cc2)cn1. The van der Waals surface area contributed by atoms with Gasteiger partial charge in [0.1, 0.15) is 12.4 Å². The number of cyclic esters (lactones) is 1. The second-order valence-electron chi connectivity index (χ2n) is 6.43. The van der Waals surface area contributed by atoms with Gasteiger partial charge in [-0.25, -0.2) is 24.1 Å². The van der Waals surface area contributed by atoms with E-state index in [0.717, 1.165) is 10.5 Å². The molecule has 142 valence electrons. The molecule has 0 aliphatic carbocycles. The molecule has 27 heavy (non-hydrogen) atoms. The van der Waals surface area contributed by atoms with Gasteiger partial charge in [-0.15, -0.1) is 0 Å². The second kappa shape index (κ2) is 8.11. The molecule has 8 heteroatoms. The smallest absolute Gasteiger partial charge is 0.416 e. The molecule has 1 aliphatic heterocycles. The van der Waals surface area contributed by atoms with Crippen LogP contribution in [0.4, 0.5) is 9.18 Å². The van der Waals surface area contributed by atoms with Gasteiger partial charge in [0.2, 0.25) is 5.91 Å². The molecule has 1 aromatic carbocycles. The van der Waals surface area contributed by atoms with Gasteiger partial charge >= 0.3 is 12.1 Å². The van der Waals surface area contributed by atoms with Crippen molar-refractivity contribution < 1.29 is 23.5 Å². The number of aromatic nitrogens is 2. The number of imide groups is 1. The van der Waals surface area contributed by atoms with Gasteiger partial charge < -0.3 is 9.47 Å². The fourth-order valence-corrected chi connectivity index (χ4v) is 2.81. The summed E-state index contributed by atoms with van der Waals surface area (Å²) in [5, 5.41) is 0. The van der Waals surface area contributed by atoms with E-state index >= 15 is 0 Å². The number of benzene rings is 1. The minimum atomic E-state index is -0.644. The van der Waals surface area contributed by atoms with Crippen molar-refractivity contribution in [2.45, 2.75) is 32.3 Å². The van der Waals surface area contributed by atoms with Gasteiger partial charge in [-0.3, -0.25) is 4.79 Å². The number of hydrogen-bond acceptors (Lipinski definition) is 6. The Labute approximate surface area is 156 Å². The summed E-state index contributed by atoms with van der Waals surface area (Å²) in [5.41, 5.74) is 1.39. The Hall–Kier alpha value is -3.03. The normalized spacial score (nSPS) is 15.0. The molecule has 0 bridgehead atoms. The van der Waals surface area contributed by atoms with Crippen LogP contribution >= 0.6 is 0 Å². The number of nitrogens with zero attached hydrogens (tertiary/aromatic N) is 3. The Morgan fingerprint density at radius 2 is 1.89 bits per heavy atom. The quantitative estimate of drug-likeness (QED) is 0.774. The molecule has 1 aliphatic rings. The molecule has 0 spiro atoms. The van der Waals surface area contributed by atoms with Gasteiger partial charge in [0.05, 0.1) is 12.6 Å². The molecule has 2 heterocycles. The van der Waals surface area contributed by atoms with E-state index in [9.17, 15) is 14.0 Å². The molecule has 1 fully saturated rings. The molecule has 1 saturated heterocycles. The van der Waals surface area contributed by atoms with Crippen LogP contribution in [0.3, 0.4) is 0 Å². The first-order chi connectivity index (χ1) is 12.9. The molecule has 1 aromatic heterocycles. The van der Waals surface area contributed by atoms with Gasteiger partial charge in [-0.2, -0.15) is 0 Å². The highest BCUT2D eigenvalue weighted by atomic mass is 19.1. The highest BCUT2D eigenvalue weighted by Gasteiger charge is 2.31. The number of halogens is 1. The van der Waals surface area contributed by atoms with E-state index < -0.39 is 12.0 Å². The molecule has 2 amide bonds. The van der Waals surface area contributed by atoms with Crippen molar-refractivity contribution in [3.63, 3.8) is 0 Å². The van der Waals surface area contributed by atoms with E-state index in [1.165, 1.54) is 12.1 Å². The summed E-state index contributed by atoms with van der Waals surface area (Å²) in [7, 11) is 0. The van der Waals surface area contributed by atoms with E-state index in [4.69, 9.17) is 9.47 Å². The van der Waals surface area contributed by atoms with E-state index in [2.05, 4.69) is 9.97 Å². The fraction of sp³-hybridized carbons (Fsp3) is 0.368. The zero-order chi connectivity index (χ0) is 19.4. The van der Waals surface area contributed by atoms with E-state index in [0.29, 0.717) is 5.56 Å². The predicted molar refractivity (Wildman–Crippen MR) is 93.7 cm³/mol. The Balaban J connectivity index is 1.86. The first kappa shape index (κ1) is 18.8. The van der Waals surface area contributed by atoms with Gasteiger partial charge in [0.25, 0.3) is 0 Å². The van der Waals surface area contributed by atoms with E-state index in [1.54, 1.807) is 24.5 Å². The van der Waals surface area contributed by atoms with Crippen LogP contribution in [0.2, 0.25) is 0 Å². The first-order valence-electron chi connectivity index (χ1n) is 8.65. The third-order valence-electron chi connectivity index (χ3n) is 4.10. The van der Waals surface area contributed by atoms with Crippen molar-refractivity contribution in [1.82, 2.24) is 14.9 Å². The Morgan fingerprint density at radius 1 is 1.22 bits per heavy atom. The summed E-state index contributed by atoms with van der Waals surface area (Å²) in [5.74, 6) is -1.17. The number of ether oxygens (including phenoxy) is 2. The lowest BCUT2D eigenvalue weighted by atomic mass is 9.89. The van der Waals surface area contributed by atoms with Crippen LogP contribution in [0, 0.1) is 5.82 Å². The maximum Gasteiger partial charge on any atom is 0.416 e. The molecular formula is C19H20FN3O4. The summed E-state index contributed by atoms with van der Waals surface area (Å²) in [6.45, 7) is 4.15. The van der Waals surface area contributed by atoms with Gasteiger partial charge in [-0.1, -0.05) is 12.1 Å². The van der Waals surface area contributed by atoms with Crippen LogP contribution in [0.25, 0.3) is 0 Å². The standard InChI is InChI=1S/C19H20FN3O4/c1-12(2)27-18-21-10-14(11-22-18)16(13-3-5-15(20)6-4-13)9-17(24)23-7-8-26-19(23)25/h3-6,10-12,16H,7-9H2,1-2H3/t16-/m0/s1. The molecule has 0 unspecified atom stereocenters. The lowest BCUT2D eigenvalue weighted by molar-refractivity contribution is -0.127. The van der Waals surface area contributed by atoms with Crippen LogP contribution in [0.15, 0.2) is 36.7 Å². The molecule has 7 nitrogen and oxygen atoms in total. The van der Waals surface area contributed by atoms with Crippen LogP contribution in [-0.2, 0) is 9.53 Å². The molecule has 0 N–H and O–H groups in total. The lowest BCUT2D eigenvalue weighted by Crippen LogP contribution is -2.32. The minimum Gasteiger partial charge on any atom is -0.461 e. The Kier molecular flexibility index (Phi) is 5.63. The summed E-state index contributed by atoms with van der Waals surface area (Å²) < 4.78 is 23.6. The van der Waals surface area contributed by atoms with Crippen LogP contribution in [0.1, 0.15) is 37.3 Å². The zero-order valence-electron chi connectivity index (χ0n) is 15.1.